The molecular formula is C15H27IO2. The first kappa shape index (κ1) is 16.4. The molecule has 106 valence electrons. The van der Waals surface area contributed by atoms with Crippen molar-refractivity contribution in [2.24, 2.45) is 11.3 Å². The van der Waals surface area contributed by atoms with Crippen molar-refractivity contribution in [1.29, 1.82) is 0 Å². The Bertz CT molecular complexity index is 276. The number of hydrogen-bond donors (Lipinski definition) is 0. The maximum absolute atomic E-state index is 6.14. The highest BCUT2D eigenvalue weighted by molar-refractivity contribution is 14.1. The number of rotatable bonds is 6. The number of unbranched alkanes of at least 4 members (excludes halogenated alkanes) is 1. The van der Waals surface area contributed by atoms with Gasteiger partial charge in [-0.05, 0) is 38.5 Å². The van der Waals surface area contributed by atoms with Gasteiger partial charge in [0.2, 0.25) is 0 Å². The van der Waals surface area contributed by atoms with E-state index in [0.29, 0.717) is 5.92 Å². The Morgan fingerprint density at radius 1 is 1.33 bits per heavy atom. The van der Waals surface area contributed by atoms with E-state index in [9.17, 15) is 0 Å². The largest absolute Gasteiger partial charge is 0.349 e. The summed E-state index contributed by atoms with van der Waals surface area (Å²) in [6.45, 7) is 14.4. The van der Waals surface area contributed by atoms with Gasteiger partial charge in [0.15, 0.2) is 5.79 Å². The van der Waals surface area contributed by atoms with Gasteiger partial charge >= 0.3 is 0 Å². The molecule has 1 saturated heterocycles. The summed E-state index contributed by atoms with van der Waals surface area (Å²) in [7, 11) is 0. The van der Waals surface area contributed by atoms with Crippen molar-refractivity contribution >= 4 is 22.6 Å². The predicted octanol–water partition coefficient (Wildman–Crippen LogP) is 4.92. The zero-order valence-corrected chi connectivity index (χ0v) is 14.4. The van der Waals surface area contributed by atoms with Crippen molar-refractivity contribution in [2.75, 3.05) is 13.2 Å². The van der Waals surface area contributed by atoms with E-state index in [1.54, 1.807) is 0 Å². The van der Waals surface area contributed by atoms with E-state index in [4.69, 9.17) is 9.47 Å². The lowest BCUT2D eigenvalue weighted by molar-refractivity contribution is -0.307. The molecule has 1 rings (SSSR count). The van der Waals surface area contributed by atoms with Crippen LogP contribution in [0.5, 0.6) is 0 Å². The third kappa shape index (κ3) is 4.82. The first-order valence-corrected chi connectivity index (χ1v) is 8.00. The van der Waals surface area contributed by atoms with Crippen LogP contribution in [0.4, 0.5) is 0 Å². The van der Waals surface area contributed by atoms with E-state index in [1.807, 2.05) is 0 Å². The van der Waals surface area contributed by atoms with Gasteiger partial charge in [-0.3, -0.25) is 0 Å². The van der Waals surface area contributed by atoms with Crippen LogP contribution < -0.4 is 0 Å². The van der Waals surface area contributed by atoms with Crippen LogP contribution in [-0.2, 0) is 9.47 Å². The van der Waals surface area contributed by atoms with Crippen molar-refractivity contribution in [3.05, 3.63) is 10.2 Å². The van der Waals surface area contributed by atoms with E-state index in [1.165, 1.54) is 10.0 Å². The van der Waals surface area contributed by atoms with Gasteiger partial charge in [-0.25, -0.2) is 0 Å². The summed E-state index contributed by atoms with van der Waals surface area (Å²) < 4.78 is 13.5. The normalized spacial score (nSPS) is 23.6. The maximum atomic E-state index is 6.14. The number of allylic oxidation sites excluding steroid dienone is 1. The molecule has 18 heavy (non-hydrogen) atoms. The van der Waals surface area contributed by atoms with Gasteiger partial charge in [-0.2, -0.15) is 0 Å². The highest BCUT2D eigenvalue weighted by Gasteiger charge is 2.41. The SMILES string of the molecule is C=C(I)[C@H](C)CC1(CCCC)OCC(C)(C)CO1. The molecule has 0 unspecified atom stereocenters. The Morgan fingerprint density at radius 2 is 1.89 bits per heavy atom. The second-order valence-electron chi connectivity index (χ2n) is 6.31. The molecule has 0 radical (unpaired) electrons. The van der Waals surface area contributed by atoms with E-state index in [0.717, 1.165) is 32.5 Å². The molecule has 1 heterocycles. The Kier molecular flexibility index (Phi) is 6.13. The summed E-state index contributed by atoms with van der Waals surface area (Å²) in [5.41, 5.74) is 0.139. The van der Waals surface area contributed by atoms with E-state index in [-0.39, 0.29) is 11.2 Å². The molecule has 3 heteroatoms. The van der Waals surface area contributed by atoms with Gasteiger partial charge in [0.1, 0.15) is 0 Å². The molecule has 0 saturated carbocycles. The average Bonchev–Trinajstić information content (AvgIpc) is 2.30. The molecule has 1 fully saturated rings. The fourth-order valence-electron chi connectivity index (χ4n) is 2.12. The van der Waals surface area contributed by atoms with E-state index in [2.05, 4.69) is 56.9 Å². The number of hydrogen-bond acceptors (Lipinski definition) is 2. The molecule has 0 aromatic heterocycles. The Balaban J connectivity index is 2.68. The second kappa shape index (κ2) is 6.71. The molecule has 1 atom stereocenters. The lowest BCUT2D eigenvalue weighted by Crippen LogP contribution is -2.48. The fraction of sp³-hybridized carbons (Fsp3) is 0.867. The highest BCUT2D eigenvalue weighted by atomic mass is 127. The summed E-state index contributed by atoms with van der Waals surface area (Å²) in [6, 6.07) is 0. The minimum Gasteiger partial charge on any atom is -0.349 e. The molecule has 0 spiro atoms. The Labute approximate surface area is 126 Å². The molecule has 0 aromatic carbocycles. The summed E-state index contributed by atoms with van der Waals surface area (Å²) >= 11 is 2.31. The van der Waals surface area contributed by atoms with Gasteiger partial charge in [-0.15, -0.1) is 0 Å². The number of ether oxygens (including phenoxy) is 2. The summed E-state index contributed by atoms with van der Waals surface area (Å²) in [6.07, 6.45) is 4.25. The molecule has 0 aromatic rings. The van der Waals surface area contributed by atoms with Crippen LogP contribution in [0.1, 0.15) is 53.4 Å². The van der Waals surface area contributed by atoms with E-state index < -0.39 is 0 Å². The molecule has 0 aliphatic carbocycles. The third-order valence-corrected chi connectivity index (χ3v) is 4.58. The fourth-order valence-corrected chi connectivity index (χ4v) is 2.34. The lowest BCUT2D eigenvalue weighted by atomic mass is 9.90. The minimum atomic E-state index is -0.376. The second-order valence-corrected chi connectivity index (χ2v) is 7.69. The van der Waals surface area contributed by atoms with Crippen LogP contribution in [0, 0.1) is 11.3 Å². The van der Waals surface area contributed by atoms with Gasteiger partial charge in [0.25, 0.3) is 0 Å². The van der Waals surface area contributed by atoms with E-state index >= 15 is 0 Å². The quantitative estimate of drug-likeness (QED) is 0.621. The molecule has 0 amide bonds. The summed E-state index contributed by atoms with van der Waals surface area (Å²) in [4.78, 5) is 0. The molecule has 2 nitrogen and oxygen atoms in total. The van der Waals surface area contributed by atoms with Gasteiger partial charge < -0.3 is 9.47 Å². The van der Waals surface area contributed by atoms with Crippen LogP contribution in [-0.4, -0.2) is 19.0 Å². The monoisotopic (exact) mass is 366 g/mol. The minimum absolute atomic E-state index is 0.139. The van der Waals surface area contributed by atoms with Crippen LogP contribution in [0.2, 0.25) is 0 Å². The molecule has 1 aliphatic rings. The van der Waals surface area contributed by atoms with Crippen LogP contribution in [0.25, 0.3) is 0 Å². The summed E-state index contributed by atoms with van der Waals surface area (Å²) in [5, 5.41) is 0. The molecule has 1 aliphatic heterocycles. The number of halogens is 1. The van der Waals surface area contributed by atoms with Crippen molar-refractivity contribution in [3.63, 3.8) is 0 Å². The molecular weight excluding hydrogens is 339 g/mol. The lowest BCUT2D eigenvalue weighted by Gasteiger charge is -2.44. The zero-order chi connectivity index (χ0) is 13.8. The molecule has 0 bridgehead atoms. The topological polar surface area (TPSA) is 18.5 Å². The van der Waals surface area contributed by atoms with Crippen LogP contribution in [0.3, 0.4) is 0 Å². The predicted molar refractivity (Wildman–Crippen MR) is 84.9 cm³/mol. The third-order valence-electron chi connectivity index (χ3n) is 3.52. The first-order chi connectivity index (χ1) is 8.30. The first-order valence-electron chi connectivity index (χ1n) is 6.92. The average molecular weight is 366 g/mol. The zero-order valence-electron chi connectivity index (χ0n) is 12.2. The maximum Gasteiger partial charge on any atom is 0.168 e. The molecule has 0 N–H and O–H groups in total. The van der Waals surface area contributed by atoms with Crippen LogP contribution >= 0.6 is 22.6 Å². The van der Waals surface area contributed by atoms with Crippen molar-refractivity contribution in [3.8, 4) is 0 Å². The Morgan fingerprint density at radius 3 is 2.33 bits per heavy atom. The highest BCUT2D eigenvalue weighted by Crippen LogP contribution is 2.38. The van der Waals surface area contributed by atoms with Gasteiger partial charge in [0.05, 0.1) is 13.2 Å². The van der Waals surface area contributed by atoms with Crippen molar-refractivity contribution in [1.82, 2.24) is 0 Å². The van der Waals surface area contributed by atoms with Crippen molar-refractivity contribution < 1.29 is 9.47 Å². The van der Waals surface area contributed by atoms with Gasteiger partial charge in [-0.1, -0.05) is 40.7 Å². The van der Waals surface area contributed by atoms with Gasteiger partial charge in [0, 0.05) is 18.3 Å². The van der Waals surface area contributed by atoms with Crippen LogP contribution in [0.15, 0.2) is 10.2 Å². The summed E-state index contributed by atoms with van der Waals surface area (Å²) in [5.74, 6) is 0.0580. The smallest absolute Gasteiger partial charge is 0.168 e. The standard InChI is InChI=1S/C15H27IO2/c1-6-7-8-15(9-12(2)13(3)16)17-10-14(4,5)11-18-15/h12H,3,6-11H2,1-2,4-5H3/t12-/m1/s1. The van der Waals surface area contributed by atoms with Crippen molar-refractivity contribution in [2.45, 2.75) is 59.2 Å². The Hall–Kier alpha value is 0.390.